The predicted molar refractivity (Wildman–Crippen MR) is 109 cm³/mol. The zero-order chi connectivity index (χ0) is 20.3. The molecule has 1 fully saturated rings. The molecular formula is C20H23ClN2O4S. The lowest BCUT2D eigenvalue weighted by molar-refractivity contribution is -0.123. The van der Waals surface area contributed by atoms with Crippen molar-refractivity contribution >= 4 is 33.2 Å². The summed E-state index contributed by atoms with van der Waals surface area (Å²) in [6.07, 6.45) is 0.984. The summed E-state index contributed by atoms with van der Waals surface area (Å²) in [6, 6.07) is 13.4. The Kier molecular flexibility index (Phi) is 6.27. The van der Waals surface area contributed by atoms with Crippen LogP contribution in [0.4, 0.5) is 5.69 Å². The second-order valence-corrected chi connectivity index (χ2v) is 9.10. The van der Waals surface area contributed by atoms with Gasteiger partial charge >= 0.3 is 0 Å². The lowest BCUT2D eigenvalue weighted by Crippen LogP contribution is -2.43. The van der Waals surface area contributed by atoms with Crippen molar-refractivity contribution in [3.63, 3.8) is 0 Å². The second-order valence-electron chi connectivity index (χ2n) is 6.73. The first-order valence-electron chi connectivity index (χ1n) is 9.00. The van der Waals surface area contributed by atoms with Crippen molar-refractivity contribution in [1.29, 1.82) is 0 Å². The van der Waals surface area contributed by atoms with E-state index in [-0.39, 0.29) is 16.7 Å². The molecule has 0 N–H and O–H groups in total. The molecule has 0 bridgehead atoms. The van der Waals surface area contributed by atoms with E-state index in [4.69, 9.17) is 16.3 Å². The molecule has 0 aromatic heterocycles. The monoisotopic (exact) mass is 422 g/mol. The lowest BCUT2D eigenvalue weighted by Gasteiger charge is -2.32. The van der Waals surface area contributed by atoms with Gasteiger partial charge in [-0.05, 0) is 61.4 Å². The van der Waals surface area contributed by atoms with Gasteiger partial charge in [0, 0.05) is 36.8 Å². The molecule has 8 heteroatoms. The van der Waals surface area contributed by atoms with E-state index in [1.165, 1.54) is 16.4 Å². The number of hydrogen-bond donors (Lipinski definition) is 0. The second kappa shape index (κ2) is 8.51. The molecule has 3 rings (SSSR count). The van der Waals surface area contributed by atoms with E-state index in [0.717, 1.165) is 11.4 Å². The highest BCUT2D eigenvalue weighted by atomic mass is 35.5. The minimum atomic E-state index is -3.57. The van der Waals surface area contributed by atoms with Gasteiger partial charge in [0.05, 0.1) is 12.0 Å². The number of halogens is 1. The normalized spacial score (nSPS) is 16.0. The number of amides is 1. The molecular weight excluding hydrogens is 400 g/mol. The van der Waals surface area contributed by atoms with Crippen LogP contribution in [0.25, 0.3) is 0 Å². The number of carbonyl (C=O) groups is 1. The molecule has 2 aromatic carbocycles. The van der Waals surface area contributed by atoms with Crippen molar-refractivity contribution < 1.29 is 17.9 Å². The van der Waals surface area contributed by atoms with Crippen LogP contribution in [-0.2, 0) is 14.8 Å². The maximum absolute atomic E-state index is 12.8. The summed E-state index contributed by atoms with van der Waals surface area (Å²) in [5.74, 6) is 0.516. The molecule has 0 unspecified atom stereocenters. The first-order valence-corrected chi connectivity index (χ1v) is 10.8. The quantitative estimate of drug-likeness (QED) is 0.740. The Morgan fingerprint density at radius 2 is 1.64 bits per heavy atom. The molecule has 1 amide bonds. The average molecular weight is 423 g/mol. The van der Waals surface area contributed by atoms with Gasteiger partial charge in [-0.1, -0.05) is 11.6 Å². The summed E-state index contributed by atoms with van der Waals surface area (Å²) < 4.78 is 32.1. The fourth-order valence-corrected chi connectivity index (χ4v) is 4.90. The van der Waals surface area contributed by atoms with Gasteiger partial charge in [-0.15, -0.1) is 0 Å². The molecule has 1 aliphatic heterocycles. The smallest absolute Gasteiger partial charge is 0.243 e. The van der Waals surface area contributed by atoms with Crippen LogP contribution < -0.4 is 9.64 Å². The summed E-state index contributed by atoms with van der Waals surface area (Å²) in [4.78, 5) is 14.7. The topological polar surface area (TPSA) is 66.9 Å². The van der Waals surface area contributed by atoms with Crippen LogP contribution in [0, 0.1) is 5.92 Å². The van der Waals surface area contributed by atoms with Crippen molar-refractivity contribution in [3.05, 3.63) is 53.6 Å². The molecule has 0 radical (unpaired) electrons. The number of piperidine rings is 1. The average Bonchev–Trinajstić information content (AvgIpc) is 2.73. The minimum absolute atomic E-state index is 0.00583. The number of hydrogen-bond acceptors (Lipinski definition) is 4. The van der Waals surface area contributed by atoms with E-state index in [1.807, 2.05) is 12.1 Å². The SMILES string of the molecule is COc1ccc(N(C)C(=O)C2CCN(S(=O)(=O)c3ccc(Cl)cc3)CC2)cc1. The van der Waals surface area contributed by atoms with Gasteiger partial charge in [-0.3, -0.25) is 4.79 Å². The molecule has 1 heterocycles. The molecule has 2 aromatic rings. The number of anilines is 1. The number of methoxy groups -OCH3 is 1. The molecule has 0 saturated carbocycles. The fourth-order valence-electron chi connectivity index (χ4n) is 3.31. The Morgan fingerprint density at radius 1 is 1.07 bits per heavy atom. The molecule has 0 spiro atoms. The van der Waals surface area contributed by atoms with Crippen molar-refractivity contribution in [3.8, 4) is 5.75 Å². The van der Waals surface area contributed by atoms with Gasteiger partial charge in [0.15, 0.2) is 0 Å². The maximum Gasteiger partial charge on any atom is 0.243 e. The van der Waals surface area contributed by atoms with Gasteiger partial charge in [-0.2, -0.15) is 4.31 Å². The van der Waals surface area contributed by atoms with Crippen molar-refractivity contribution in [1.82, 2.24) is 4.31 Å². The van der Waals surface area contributed by atoms with E-state index in [9.17, 15) is 13.2 Å². The lowest BCUT2D eigenvalue weighted by atomic mass is 9.96. The van der Waals surface area contributed by atoms with Gasteiger partial charge in [0.1, 0.15) is 5.75 Å². The van der Waals surface area contributed by atoms with Gasteiger partial charge in [0.2, 0.25) is 15.9 Å². The van der Waals surface area contributed by atoms with Crippen LogP contribution in [-0.4, -0.2) is 45.9 Å². The van der Waals surface area contributed by atoms with E-state index in [2.05, 4.69) is 0 Å². The highest BCUT2D eigenvalue weighted by Crippen LogP contribution is 2.27. The van der Waals surface area contributed by atoms with Gasteiger partial charge in [0.25, 0.3) is 0 Å². The Morgan fingerprint density at radius 3 is 2.18 bits per heavy atom. The third-order valence-corrected chi connectivity index (χ3v) is 7.21. The van der Waals surface area contributed by atoms with Crippen LogP contribution in [0.1, 0.15) is 12.8 Å². The molecule has 6 nitrogen and oxygen atoms in total. The summed E-state index contributed by atoms with van der Waals surface area (Å²) in [5, 5.41) is 0.491. The third kappa shape index (κ3) is 4.32. The Hall–Kier alpha value is -2.09. The van der Waals surface area contributed by atoms with Crippen molar-refractivity contribution in [2.24, 2.45) is 5.92 Å². The highest BCUT2D eigenvalue weighted by Gasteiger charge is 2.33. The largest absolute Gasteiger partial charge is 0.497 e. The van der Waals surface area contributed by atoms with Crippen LogP contribution in [0.2, 0.25) is 5.02 Å². The zero-order valence-corrected chi connectivity index (χ0v) is 17.4. The summed E-state index contributed by atoms with van der Waals surface area (Å²) in [6.45, 7) is 0.635. The Labute approximate surface area is 170 Å². The van der Waals surface area contributed by atoms with E-state index in [1.54, 1.807) is 43.3 Å². The fraction of sp³-hybridized carbons (Fsp3) is 0.350. The number of benzene rings is 2. The van der Waals surface area contributed by atoms with Crippen LogP contribution in [0.5, 0.6) is 5.75 Å². The maximum atomic E-state index is 12.8. The number of carbonyl (C=O) groups excluding carboxylic acids is 1. The standard InChI is InChI=1S/C20H23ClN2O4S/c1-22(17-5-7-18(27-2)8-6-17)20(24)15-11-13-23(14-12-15)28(25,26)19-9-3-16(21)4-10-19/h3-10,15H,11-14H2,1-2H3. The predicted octanol–water partition coefficient (Wildman–Crippen LogP) is 3.41. The van der Waals surface area contributed by atoms with E-state index in [0.29, 0.717) is 31.0 Å². The molecule has 28 heavy (non-hydrogen) atoms. The van der Waals surface area contributed by atoms with Crippen LogP contribution in [0.15, 0.2) is 53.4 Å². The number of ether oxygens (including phenoxy) is 1. The van der Waals surface area contributed by atoms with E-state index < -0.39 is 10.0 Å². The van der Waals surface area contributed by atoms with E-state index >= 15 is 0 Å². The summed E-state index contributed by atoms with van der Waals surface area (Å²) >= 11 is 5.84. The molecule has 150 valence electrons. The Bertz CT molecular complexity index is 922. The highest BCUT2D eigenvalue weighted by molar-refractivity contribution is 7.89. The number of rotatable bonds is 5. The van der Waals surface area contributed by atoms with Gasteiger partial charge < -0.3 is 9.64 Å². The first kappa shape index (κ1) is 20.6. The summed E-state index contributed by atoms with van der Waals surface area (Å²) in [5.41, 5.74) is 0.780. The van der Waals surface area contributed by atoms with Crippen molar-refractivity contribution in [2.75, 3.05) is 32.1 Å². The molecule has 1 saturated heterocycles. The Balaban J connectivity index is 1.64. The van der Waals surface area contributed by atoms with Gasteiger partial charge in [-0.25, -0.2) is 8.42 Å². The van der Waals surface area contributed by atoms with Crippen LogP contribution in [0.3, 0.4) is 0 Å². The third-order valence-electron chi connectivity index (χ3n) is 5.04. The molecule has 0 aliphatic carbocycles. The zero-order valence-electron chi connectivity index (χ0n) is 15.8. The molecule has 1 aliphatic rings. The number of sulfonamides is 1. The number of nitrogens with zero attached hydrogens (tertiary/aromatic N) is 2. The minimum Gasteiger partial charge on any atom is -0.497 e. The summed E-state index contributed by atoms with van der Waals surface area (Å²) in [7, 11) is -0.242. The van der Waals surface area contributed by atoms with Crippen molar-refractivity contribution in [2.45, 2.75) is 17.7 Å². The molecule has 0 atom stereocenters. The first-order chi connectivity index (χ1) is 13.3. The van der Waals surface area contributed by atoms with Crippen LogP contribution >= 0.6 is 11.6 Å².